The molecule has 3 aromatic rings. The Morgan fingerprint density at radius 2 is 2.07 bits per heavy atom. The van der Waals surface area contributed by atoms with Gasteiger partial charge in [0.25, 0.3) is 0 Å². The molecule has 0 bridgehead atoms. The van der Waals surface area contributed by atoms with Crippen molar-refractivity contribution in [3.63, 3.8) is 0 Å². The van der Waals surface area contributed by atoms with E-state index in [9.17, 15) is 4.39 Å². The van der Waals surface area contributed by atoms with Crippen LogP contribution in [0.5, 0.6) is 0 Å². The molecule has 0 radical (unpaired) electrons. The number of fused-ring (bicyclic) bond motifs is 1. The van der Waals surface area contributed by atoms with Crippen LogP contribution in [0.3, 0.4) is 0 Å². The second kappa shape index (κ2) is 10.8. The number of H-pyrrole nitrogens is 1. The molecular weight excluding hydrogens is 488 g/mol. The van der Waals surface area contributed by atoms with Crippen molar-refractivity contribution in [2.75, 3.05) is 19.6 Å². The van der Waals surface area contributed by atoms with Crippen molar-refractivity contribution in [2.24, 2.45) is 4.99 Å². The number of aromatic nitrogens is 2. The van der Waals surface area contributed by atoms with Gasteiger partial charge >= 0.3 is 0 Å². The van der Waals surface area contributed by atoms with Gasteiger partial charge in [0.15, 0.2) is 5.96 Å². The first-order valence-corrected chi connectivity index (χ1v) is 10.1. The highest BCUT2D eigenvalue weighted by Crippen LogP contribution is 2.19. The lowest BCUT2D eigenvalue weighted by Gasteiger charge is -2.11. The zero-order valence-electron chi connectivity index (χ0n) is 16.4. The fourth-order valence-electron chi connectivity index (χ4n) is 3.09. The van der Waals surface area contributed by atoms with Gasteiger partial charge in [-0.2, -0.15) is 0 Å². The third-order valence-corrected chi connectivity index (χ3v) is 5.50. The molecule has 0 aliphatic carbocycles. The summed E-state index contributed by atoms with van der Waals surface area (Å²) in [6, 6.07) is 4.83. The highest BCUT2D eigenvalue weighted by Gasteiger charge is 2.06. The Kier molecular flexibility index (Phi) is 8.68. The molecule has 3 rings (SSSR count). The topological polar surface area (TPSA) is 65.1 Å². The van der Waals surface area contributed by atoms with Crippen molar-refractivity contribution in [1.82, 2.24) is 20.6 Å². The van der Waals surface area contributed by atoms with Crippen LogP contribution in [0, 0.1) is 19.7 Å². The highest BCUT2D eigenvalue weighted by atomic mass is 127. The molecule has 0 aliphatic rings. The molecule has 0 unspecified atom stereocenters. The minimum Gasteiger partial charge on any atom is -0.361 e. The Morgan fingerprint density at radius 3 is 2.79 bits per heavy atom. The predicted molar refractivity (Wildman–Crippen MR) is 127 cm³/mol. The number of thiazole rings is 1. The molecule has 28 heavy (non-hydrogen) atoms. The molecule has 152 valence electrons. The maximum atomic E-state index is 13.5. The number of hydrogen-bond donors (Lipinski definition) is 3. The van der Waals surface area contributed by atoms with Crippen molar-refractivity contribution in [3.05, 3.63) is 51.4 Å². The Balaban J connectivity index is 0.00000280. The second-order valence-electron chi connectivity index (χ2n) is 6.43. The van der Waals surface area contributed by atoms with E-state index in [-0.39, 0.29) is 29.8 Å². The summed E-state index contributed by atoms with van der Waals surface area (Å²) in [6.07, 6.45) is 3.64. The average molecular weight is 515 g/mol. The molecule has 0 fully saturated rings. The van der Waals surface area contributed by atoms with Gasteiger partial charge < -0.3 is 15.6 Å². The van der Waals surface area contributed by atoms with Crippen LogP contribution in [0.1, 0.15) is 28.1 Å². The number of hydrogen-bond acceptors (Lipinski definition) is 3. The van der Waals surface area contributed by atoms with Crippen molar-refractivity contribution in [3.8, 4) is 0 Å². The van der Waals surface area contributed by atoms with Crippen LogP contribution in [0.2, 0.25) is 0 Å². The Morgan fingerprint density at radius 1 is 1.25 bits per heavy atom. The van der Waals surface area contributed by atoms with Crippen LogP contribution < -0.4 is 10.6 Å². The molecule has 1 aromatic carbocycles. The quantitative estimate of drug-likeness (QED) is 0.249. The summed E-state index contributed by atoms with van der Waals surface area (Å²) in [5.41, 5.74) is 3.17. The van der Waals surface area contributed by atoms with E-state index in [1.165, 1.54) is 10.9 Å². The maximum absolute atomic E-state index is 13.5. The highest BCUT2D eigenvalue weighted by molar-refractivity contribution is 14.0. The SMILES string of the molecule is CCNC(=NCCc1sc(C)nc1C)NCCc1c[nH]c2ccc(F)cc12.I. The molecule has 0 spiro atoms. The number of aliphatic imine (C=N–C) groups is 1. The zero-order valence-corrected chi connectivity index (χ0v) is 19.6. The standard InChI is InChI=1S/C20H26FN5S.HI/c1-4-22-20(24-10-8-19-13(2)26-14(3)27-19)23-9-7-15-12-25-18-6-5-16(21)11-17(15)18;/h5-6,11-12,25H,4,7-10H2,1-3H3,(H2,22,23,24);1H. The predicted octanol–water partition coefficient (Wildman–Crippen LogP) is 4.34. The molecule has 0 saturated carbocycles. The monoisotopic (exact) mass is 515 g/mol. The fraction of sp³-hybridized carbons (Fsp3) is 0.400. The number of nitrogens with one attached hydrogen (secondary N) is 3. The molecule has 0 saturated heterocycles. The summed E-state index contributed by atoms with van der Waals surface area (Å²) >= 11 is 1.74. The van der Waals surface area contributed by atoms with E-state index in [4.69, 9.17) is 0 Å². The summed E-state index contributed by atoms with van der Waals surface area (Å²) in [7, 11) is 0. The number of guanidine groups is 1. The van der Waals surface area contributed by atoms with Gasteiger partial charge in [0.1, 0.15) is 5.82 Å². The number of aromatic amines is 1. The van der Waals surface area contributed by atoms with Gasteiger partial charge in [-0.3, -0.25) is 4.99 Å². The average Bonchev–Trinajstić information content (AvgIpc) is 3.17. The molecule has 3 N–H and O–H groups in total. The van der Waals surface area contributed by atoms with Crippen LogP contribution in [0.4, 0.5) is 4.39 Å². The fourth-order valence-corrected chi connectivity index (χ4v) is 4.02. The van der Waals surface area contributed by atoms with Crippen molar-refractivity contribution >= 4 is 52.2 Å². The lowest BCUT2D eigenvalue weighted by Crippen LogP contribution is -2.38. The minimum atomic E-state index is -0.209. The van der Waals surface area contributed by atoms with E-state index >= 15 is 0 Å². The third-order valence-electron chi connectivity index (χ3n) is 4.37. The Labute approximate surface area is 186 Å². The van der Waals surface area contributed by atoms with E-state index in [1.807, 2.05) is 13.1 Å². The molecule has 8 heteroatoms. The molecule has 0 amide bonds. The summed E-state index contributed by atoms with van der Waals surface area (Å²) in [4.78, 5) is 13.6. The molecule has 2 heterocycles. The Bertz CT molecular complexity index is 934. The second-order valence-corrected chi connectivity index (χ2v) is 7.72. The zero-order chi connectivity index (χ0) is 19.2. The van der Waals surface area contributed by atoms with Gasteiger partial charge in [-0.15, -0.1) is 35.3 Å². The number of nitrogens with zero attached hydrogens (tertiary/aromatic N) is 2. The number of halogens is 2. The van der Waals surface area contributed by atoms with Gasteiger partial charge in [-0.25, -0.2) is 9.37 Å². The molecule has 2 aromatic heterocycles. The van der Waals surface area contributed by atoms with Gasteiger partial charge in [-0.1, -0.05) is 0 Å². The van der Waals surface area contributed by atoms with Crippen molar-refractivity contribution < 1.29 is 4.39 Å². The Hall–Kier alpha value is -1.68. The first-order valence-electron chi connectivity index (χ1n) is 9.27. The number of rotatable bonds is 7. The lowest BCUT2D eigenvalue weighted by molar-refractivity contribution is 0.629. The lowest BCUT2D eigenvalue weighted by atomic mass is 10.1. The maximum Gasteiger partial charge on any atom is 0.191 e. The first kappa shape index (κ1) is 22.6. The summed E-state index contributed by atoms with van der Waals surface area (Å²) < 4.78 is 13.5. The summed E-state index contributed by atoms with van der Waals surface area (Å²) in [6.45, 7) is 8.39. The van der Waals surface area contributed by atoms with Crippen LogP contribution in [-0.2, 0) is 12.8 Å². The van der Waals surface area contributed by atoms with Crippen LogP contribution in [0.15, 0.2) is 29.4 Å². The smallest absolute Gasteiger partial charge is 0.191 e. The van der Waals surface area contributed by atoms with Crippen LogP contribution in [0.25, 0.3) is 10.9 Å². The first-order chi connectivity index (χ1) is 13.1. The van der Waals surface area contributed by atoms with Gasteiger partial charge in [-0.05, 0) is 51.0 Å². The van der Waals surface area contributed by atoms with E-state index in [2.05, 4.69) is 39.4 Å². The van der Waals surface area contributed by atoms with Crippen molar-refractivity contribution in [2.45, 2.75) is 33.6 Å². The molecule has 0 atom stereocenters. The molecule has 0 aliphatic heterocycles. The number of benzene rings is 1. The third kappa shape index (κ3) is 5.91. The van der Waals surface area contributed by atoms with E-state index in [1.54, 1.807) is 23.5 Å². The summed E-state index contributed by atoms with van der Waals surface area (Å²) in [5, 5.41) is 8.68. The minimum absolute atomic E-state index is 0. The largest absolute Gasteiger partial charge is 0.361 e. The van der Waals surface area contributed by atoms with E-state index in [0.717, 1.165) is 65.6 Å². The number of aryl methyl sites for hydroxylation is 2. The van der Waals surface area contributed by atoms with Gasteiger partial charge in [0, 0.05) is 48.0 Å². The van der Waals surface area contributed by atoms with E-state index in [0.29, 0.717) is 0 Å². The van der Waals surface area contributed by atoms with Crippen LogP contribution >= 0.6 is 35.3 Å². The van der Waals surface area contributed by atoms with Gasteiger partial charge in [0.2, 0.25) is 0 Å². The molecular formula is C20H27FIN5S. The molecule has 5 nitrogen and oxygen atoms in total. The van der Waals surface area contributed by atoms with Crippen LogP contribution in [-0.4, -0.2) is 35.6 Å². The van der Waals surface area contributed by atoms with Crippen molar-refractivity contribution in [1.29, 1.82) is 0 Å². The normalized spacial score (nSPS) is 11.5. The summed E-state index contributed by atoms with van der Waals surface area (Å²) in [5.74, 6) is 0.599. The van der Waals surface area contributed by atoms with E-state index < -0.39 is 0 Å². The van der Waals surface area contributed by atoms with Gasteiger partial charge in [0.05, 0.1) is 10.7 Å².